The summed E-state index contributed by atoms with van der Waals surface area (Å²) in [6.45, 7) is 4.19. The smallest absolute Gasteiger partial charge is 0.122 e. The Balaban J connectivity index is 3.06. The van der Waals surface area contributed by atoms with Crippen molar-refractivity contribution in [2.24, 2.45) is 5.73 Å². The van der Waals surface area contributed by atoms with Crippen molar-refractivity contribution in [1.82, 2.24) is 0 Å². The molecule has 2 N–H and O–H groups in total. The molecule has 0 heterocycles. The summed E-state index contributed by atoms with van der Waals surface area (Å²) in [6, 6.07) is 4.27. The van der Waals surface area contributed by atoms with Crippen LogP contribution in [0.3, 0.4) is 0 Å². The van der Waals surface area contributed by atoms with Gasteiger partial charge in [0.2, 0.25) is 0 Å². The molecule has 0 aromatic heterocycles. The van der Waals surface area contributed by atoms with Crippen LogP contribution in [0.25, 0.3) is 0 Å². The predicted octanol–water partition coefficient (Wildman–Crippen LogP) is 2.94. The molecule has 102 valence electrons. The first kappa shape index (κ1) is 14.8. The van der Waals surface area contributed by atoms with Gasteiger partial charge in [0.1, 0.15) is 11.5 Å². The Labute approximate surface area is 110 Å². The Hall–Kier alpha value is -1.22. The molecule has 0 saturated heterocycles. The van der Waals surface area contributed by atoms with Gasteiger partial charge in [-0.3, -0.25) is 0 Å². The van der Waals surface area contributed by atoms with E-state index in [1.54, 1.807) is 14.2 Å². The maximum atomic E-state index is 5.86. The van der Waals surface area contributed by atoms with Gasteiger partial charge < -0.3 is 15.2 Å². The standard InChI is InChI=1S/C15H25NO2/c1-5-6-7-12-9-15(18-4)13(8-11(2)16)10-14(12)17-3/h9-11H,5-8,16H2,1-4H3/i10+1. The summed E-state index contributed by atoms with van der Waals surface area (Å²) in [5, 5.41) is 0. The zero-order valence-corrected chi connectivity index (χ0v) is 12.0. The van der Waals surface area contributed by atoms with Crippen molar-refractivity contribution >= 4 is 0 Å². The summed E-state index contributed by atoms with van der Waals surface area (Å²) in [5.41, 5.74) is 8.19. The molecule has 0 bridgehead atoms. The van der Waals surface area contributed by atoms with E-state index in [1.165, 1.54) is 12.0 Å². The summed E-state index contributed by atoms with van der Waals surface area (Å²) < 4.78 is 10.9. The van der Waals surface area contributed by atoms with E-state index in [-0.39, 0.29) is 6.04 Å². The number of aryl methyl sites for hydroxylation is 1. The normalized spacial score (nSPS) is 12.3. The fourth-order valence-corrected chi connectivity index (χ4v) is 2.09. The predicted molar refractivity (Wildman–Crippen MR) is 75.5 cm³/mol. The maximum absolute atomic E-state index is 5.86. The third-order valence-corrected chi connectivity index (χ3v) is 3.03. The minimum absolute atomic E-state index is 0.116. The number of ether oxygens (including phenoxy) is 2. The SMILES string of the molecule is CCCCc1cc(OC)c(CC(C)N)[13cH]c1OC. The Morgan fingerprint density at radius 2 is 1.67 bits per heavy atom. The van der Waals surface area contributed by atoms with Gasteiger partial charge in [-0.2, -0.15) is 0 Å². The van der Waals surface area contributed by atoms with Gasteiger partial charge in [0, 0.05) is 6.04 Å². The van der Waals surface area contributed by atoms with Gasteiger partial charge in [-0.15, -0.1) is 0 Å². The van der Waals surface area contributed by atoms with Gasteiger partial charge in [-0.05, 0) is 49.4 Å². The number of methoxy groups -OCH3 is 2. The van der Waals surface area contributed by atoms with E-state index >= 15 is 0 Å². The molecular formula is C15H25NO2. The summed E-state index contributed by atoms with van der Waals surface area (Å²) in [7, 11) is 3.42. The molecule has 0 spiro atoms. The van der Waals surface area contributed by atoms with Gasteiger partial charge >= 0.3 is 0 Å². The second-order valence-electron chi connectivity index (χ2n) is 4.76. The molecule has 1 rings (SSSR count). The molecule has 1 aromatic rings. The zero-order chi connectivity index (χ0) is 13.5. The van der Waals surface area contributed by atoms with Crippen molar-refractivity contribution in [3.05, 3.63) is 23.3 Å². The van der Waals surface area contributed by atoms with Crippen molar-refractivity contribution < 1.29 is 9.47 Å². The average molecular weight is 252 g/mol. The molecule has 1 aromatic carbocycles. The first-order valence-electron chi connectivity index (χ1n) is 6.61. The monoisotopic (exact) mass is 252 g/mol. The van der Waals surface area contributed by atoms with Crippen LogP contribution < -0.4 is 15.2 Å². The minimum atomic E-state index is 0.116. The fourth-order valence-electron chi connectivity index (χ4n) is 2.09. The Kier molecular flexibility index (Phi) is 5.99. The lowest BCUT2D eigenvalue weighted by Crippen LogP contribution is -2.18. The first-order valence-corrected chi connectivity index (χ1v) is 6.61. The molecule has 3 heteroatoms. The highest BCUT2D eigenvalue weighted by Crippen LogP contribution is 2.30. The van der Waals surface area contributed by atoms with Crippen molar-refractivity contribution in [3.8, 4) is 11.5 Å². The number of nitrogens with two attached hydrogens (primary N) is 1. The second-order valence-corrected chi connectivity index (χ2v) is 4.76. The van der Waals surface area contributed by atoms with E-state index in [0.717, 1.165) is 36.3 Å². The van der Waals surface area contributed by atoms with Crippen LogP contribution in [0.2, 0.25) is 0 Å². The third kappa shape index (κ3) is 3.91. The van der Waals surface area contributed by atoms with Crippen molar-refractivity contribution in [1.29, 1.82) is 0 Å². The number of hydrogen-bond donors (Lipinski definition) is 1. The molecule has 0 radical (unpaired) electrons. The summed E-state index contributed by atoms with van der Waals surface area (Å²) >= 11 is 0. The van der Waals surface area contributed by atoms with E-state index in [9.17, 15) is 0 Å². The average Bonchev–Trinajstić information content (AvgIpc) is 2.35. The lowest BCUT2D eigenvalue weighted by atomic mass is 10.0. The van der Waals surface area contributed by atoms with Crippen LogP contribution in [-0.4, -0.2) is 20.3 Å². The van der Waals surface area contributed by atoms with Crippen LogP contribution in [-0.2, 0) is 12.8 Å². The molecule has 18 heavy (non-hydrogen) atoms. The molecule has 3 nitrogen and oxygen atoms in total. The quantitative estimate of drug-likeness (QED) is 0.811. The highest BCUT2D eigenvalue weighted by atomic mass is 16.5. The van der Waals surface area contributed by atoms with E-state index < -0.39 is 0 Å². The van der Waals surface area contributed by atoms with Gasteiger partial charge in [0.05, 0.1) is 14.2 Å². The minimum Gasteiger partial charge on any atom is -0.496 e. The molecule has 0 saturated carbocycles. The highest BCUT2D eigenvalue weighted by Gasteiger charge is 2.12. The molecule has 1 atom stereocenters. The van der Waals surface area contributed by atoms with E-state index in [0.29, 0.717) is 0 Å². The van der Waals surface area contributed by atoms with Crippen molar-refractivity contribution in [2.45, 2.75) is 45.6 Å². The summed E-state index contributed by atoms with van der Waals surface area (Å²) in [5.74, 6) is 1.86. The Bertz CT molecular complexity index is 375. The molecule has 1 unspecified atom stereocenters. The zero-order valence-electron chi connectivity index (χ0n) is 12.0. The number of benzene rings is 1. The lowest BCUT2D eigenvalue weighted by Gasteiger charge is -2.16. The van der Waals surface area contributed by atoms with Gasteiger partial charge in [-0.1, -0.05) is 13.3 Å². The van der Waals surface area contributed by atoms with Crippen molar-refractivity contribution in [2.75, 3.05) is 14.2 Å². The van der Waals surface area contributed by atoms with E-state index in [1.807, 2.05) is 6.92 Å². The molecule has 0 fully saturated rings. The second kappa shape index (κ2) is 7.27. The molecule has 0 aliphatic heterocycles. The van der Waals surface area contributed by atoms with E-state index in [4.69, 9.17) is 15.2 Å². The molecular weight excluding hydrogens is 227 g/mol. The topological polar surface area (TPSA) is 44.5 Å². The summed E-state index contributed by atoms with van der Waals surface area (Å²) in [4.78, 5) is 0. The van der Waals surface area contributed by atoms with Crippen molar-refractivity contribution in [3.63, 3.8) is 0 Å². The molecule has 0 amide bonds. The summed E-state index contributed by atoms with van der Waals surface area (Å²) in [6.07, 6.45) is 4.15. The highest BCUT2D eigenvalue weighted by molar-refractivity contribution is 5.47. The van der Waals surface area contributed by atoms with Gasteiger partial charge in [0.15, 0.2) is 0 Å². The molecule has 0 aliphatic carbocycles. The number of hydrogen-bond acceptors (Lipinski definition) is 3. The van der Waals surface area contributed by atoms with Gasteiger partial charge in [-0.25, -0.2) is 0 Å². The number of rotatable bonds is 7. The Morgan fingerprint density at radius 3 is 2.17 bits per heavy atom. The third-order valence-electron chi connectivity index (χ3n) is 3.03. The van der Waals surface area contributed by atoms with Crippen LogP contribution >= 0.6 is 0 Å². The largest absolute Gasteiger partial charge is 0.496 e. The first-order chi connectivity index (χ1) is 8.62. The molecule has 0 aliphatic rings. The van der Waals surface area contributed by atoms with Crippen LogP contribution in [0.4, 0.5) is 0 Å². The number of unbranched alkanes of at least 4 members (excludes halogenated alkanes) is 1. The van der Waals surface area contributed by atoms with Gasteiger partial charge in [0.25, 0.3) is 0 Å². The van der Waals surface area contributed by atoms with Crippen LogP contribution in [0.15, 0.2) is 12.1 Å². The van der Waals surface area contributed by atoms with Crippen LogP contribution in [0.1, 0.15) is 37.8 Å². The maximum Gasteiger partial charge on any atom is 0.122 e. The van der Waals surface area contributed by atoms with Crippen LogP contribution in [0.5, 0.6) is 11.5 Å². The Morgan fingerprint density at radius 1 is 1.11 bits per heavy atom. The lowest BCUT2D eigenvalue weighted by molar-refractivity contribution is 0.393. The van der Waals surface area contributed by atoms with E-state index in [2.05, 4.69) is 19.1 Å². The fraction of sp³-hybridized carbons (Fsp3) is 0.600. The van der Waals surface area contributed by atoms with Crippen LogP contribution in [0, 0.1) is 0 Å².